The van der Waals surface area contributed by atoms with Crippen molar-refractivity contribution in [2.45, 2.75) is 32.6 Å². The Bertz CT molecular complexity index is 656. The molecule has 0 spiro atoms. The van der Waals surface area contributed by atoms with Gasteiger partial charge in [0.1, 0.15) is 0 Å². The Morgan fingerprint density at radius 2 is 2.20 bits per heavy atom. The van der Waals surface area contributed by atoms with E-state index >= 15 is 0 Å². The summed E-state index contributed by atoms with van der Waals surface area (Å²) in [7, 11) is 0. The zero-order valence-electron chi connectivity index (χ0n) is 11.6. The van der Waals surface area contributed by atoms with Crippen LogP contribution in [-0.4, -0.2) is 10.8 Å². The SMILES string of the molecule is Cc1nc2c(cc1C(=O)/C=C/c1cccs1)CCCC2. The van der Waals surface area contributed by atoms with E-state index in [2.05, 4.69) is 11.1 Å². The summed E-state index contributed by atoms with van der Waals surface area (Å²) in [4.78, 5) is 18.1. The quantitative estimate of drug-likeness (QED) is 0.623. The molecule has 0 aliphatic heterocycles. The number of nitrogens with zero attached hydrogens (tertiary/aromatic N) is 1. The Kier molecular flexibility index (Phi) is 3.79. The van der Waals surface area contributed by atoms with E-state index in [1.807, 2.05) is 30.5 Å². The molecule has 0 atom stereocenters. The molecular formula is C17H17NOS. The van der Waals surface area contributed by atoms with Crippen molar-refractivity contribution < 1.29 is 4.79 Å². The fourth-order valence-corrected chi connectivity index (χ4v) is 3.24. The summed E-state index contributed by atoms with van der Waals surface area (Å²) < 4.78 is 0. The Balaban J connectivity index is 1.87. The van der Waals surface area contributed by atoms with E-state index in [9.17, 15) is 4.79 Å². The maximum Gasteiger partial charge on any atom is 0.187 e. The zero-order valence-corrected chi connectivity index (χ0v) is 12.4. The first-order chi connectivity index (χ1) is 9.74. The molecule has 2 heterocycles. The summed E-state index contributed by atoms with van der Waals surface area (Å²) in [6, 6.07) is 6.05. The van der Waals surface area contributed by atoms with Gasteiger partial charge in [-0.2, -0.15) is 0 Å². The lowest BCUT2D eigenvalue weighted by atomic mass is 9.93. The summed E-state index contributed by atoms with van der Waals surface area (Å²) in [5.41, 5.74) is 4.05. The van der Waals surface area contributed by atoms with Crippen molar-refractivity contribution in [1.82, 2.24) is 4.98 Å². The molecule has 0 radical (unpaired) electrons. The number of rotatable bonds is 3. The first-order valence-electron chi connectivity index (χ1n) is 6.99. The predicted octanol–water partition coefficient (Wildman–Crippen LogP) is 4.23. The van der Waals surface area contributed by atoms with Gasteiger partial charge < -0.3 is 0 Å². The van der Waals surface area contributed by atoms with Crippen LogP contribution >= 0.6 is 11.3 Å². The van der Waals surface area contributed by atoms with Crippen molar-refractivity contribution in [3.05, 3.63) is 57.0 Å². The number of carbonyl (C=O) groups is 1. The van der Waals surface area contributed by atoms with Gasteiger partial charge in [-0.25, -0.2) is 0 Å². The number of pyridine rings is 1. The summed E-state index contributed by atoms with van der Waals surface area (Å²) in [5.74, 6) is 0.0526. The van der Waals surface area contributed by atoms with Gasteiger partial charge in [-0.05, 0) is 67.8 Å². The minimum absolute atomic E-state index is 0.0526. The molecule has 1 aliphatic carbocycles. The molecule has 3 heteroatoms. The minimum Gasteiger partial charge on any atom is -0.289 e. The maximum absolute atomic E-state index is 12.3. The fraction of sp³-hybridized carbons (Fsp3) is 0.294. The van der Waals surface area contributed by atoms with Crippen molar-refractivity contribution in [2.75, 3.05) is 0 Å². The normalized spacial score (nSPS) is 14.4. The third kappa shape index (κ3) is 2.73. The number of hydrogen-bond acceptors (Lipinski definition) is 3. The molecule has 20 heavy (non-hydrogen) atoms. The molecule has 0 N–H and O–H groups in total. The van der Waals surface area contributed by atoms with Gasteiger partial charge in [0, 0.05) is 21.8 Å². The predicted molar refractivity (Wildman–Crippen MR) is 83.3 cm³/mol. The van der Waals surface area contributed by atoms with Crippen LogP contribution in [0.5, 0.6) is 0 Å². The number of aryl methyl sites for hydroxylation is 3. The highest BCUT2D eigenvalue weighted by atomic mass is 32.1. The highest BCUT2D eigenvalue weighted by Crippen LogP contribution is 2.22. The van der Waals surface area contributed by atoms with Gasteiger partial charge in [-0.3, -0.25) is 9.78 Å². The molecule has 2 aromatic rings. The van der Waals surface area contributed by atoms with Crippen molar-refractivity contribution in [1.29, 1.82) is 0 Å². The van der Waals surface area contributed by atoms with Crippen molar-refractivity contribution >= 4 is 23.2 Å². The molecular weight excluding hydrogens is 266 g/mol. The Labute approximate surface area is 123 Å². The molecule has 0 amide bonds. The number of fused-ring (bicyclic) bond motifs is 1. The average Bonchev–Trinajstić information content (AvgIpc) is 2.97. The van der Waals surface area contributed by atoms with Crippen molar-refractivity contribution in [3.8, 4) is 0 Å². The lowest BCUT2D eigenvalue weighted by molar-refractivity contribution is 0.104. The number of ketones is 1. The monoisotopic (exact) mass is 283 g/mol. The van der Waals surface area contributed by atoms with Crippen LogP contribution in [0.1, 0.15) is 45.0 Å². The molecule has 2 aromatic heterocycles. The van der Waals surface area contributed by atoms with Gasteiger partial charge in [0.15, 0.2) is 5.78 Å². The lowest BCUT2D eigenvalue weighted by Gasteiger charge is -2.16. The largest absolute Gasteiger partial charge is 0.289 e. The molecule has 0 unspecified atom stereocenters. The van der Waals surface area contributed by atoms with Crippen LogP contribution < -0.4 is 0 Å². The fourth-order valence-electron chi connectivity index (χ4n) is 2.62. The smallest absolute Gasteiger partial charge is 0.187 e. The maximum atomic E-state index is 12.3. The molecule has 2 nitrogen and oxygen atoms in total. The minimum atomic E-state index is 0.0526. The van der Waals surface area contributed by atoms with Gasteiger partial charge in [0.05, 0.1) is 0 Å². The number of thiophene rings is 1. The number of aromatic nitrogens is 1. The second-order valence-electron chi connectivity index (χ2n) is 5.15. The Morgan fingerprint density at radius 3 is 3.00 bits per heavy atom. The summed E-state index contributed by atoms with van der Waals surface area (Å²) >= 11 is 1.63. The topological polar surface area (TPSA) is 30.0 Å². The van der Waals surface area contributed by atoms with E-state index in [1.54, 1.807) is 17.4 Å². The molecule has 0 saturated heterocycles. The van der Waals surface area contributed by atoms with E-state index in [4.69, 9.17) is 0 Å². The summed E-state index contributed by atoms with van der Waals surface area (Å²) in [5, 5.41) is 2.01. The average molecular weight is 283 g/mol. The molecule has 0 saturated carbocycles. The second kappa shape index (κ2) is 5.71. The Hall–Kier alpha value is -1.74. The molecule has 0 fully saturated rings. The van der Waals surface area contributed by atoms with E-state index in [0.717, 1.165) is 29.0 Å². The van der Waals surface area contributed by atoms with Gasteiger partial charge in [-0.1, -0.05) is 6.07 Å². The lowest BCUT2D eigenvalue weighted by Crippen LogP contribution is -2.10. The summed E-state index contributed by atoms with van der Waals surface area (Å²) in [6.07, 6.45) is 8.06. The van der Waals surface area contributed by atoms with E-state index in [1.165, 1.54) is 24.1 Å². The van der Waals surface area contributed by atoms with Crippen LogP contribution in [0.15, 0.2) is 29.7 Å². The van der Waals surface area contributed by atoms with E-state index in [0.29, 0.717) is 0 Å². The van der Waals surface area contributed by atoms with Gasteiger partial charge in [-0.15, -0.1) is 11.3 Å². The van der Waals surface area contributed by atoms with Gasteiger partial charge >= 0.3 is 0 Å². The van der Waals surface area contributed by atoms with Crippen LogP contribution in [0.3, 0.4) is 0 Å². The Morgan fingerprint density at radius 1 is 1.35 bits per heavy atom. The molecule has 0 bridgehead atoms. The van der Waals surface area contributed by atoms with Gasteiger partial charge in [0.25, 0.3) is 0 Å². The third-order valence-corrected chi connectivity index (χ3v) is 4.54. The van der Waals surface area contributed by atoms with Crippen LogP contribution in [0.25, 0.3) is 6.08 Å². The van der Waals surface area contributed by atoms with Crippen LogP contribution in [0.4, 0.5) is 0 Å². The van der Waals surface area contributed by atoms with Crippen LogP contribution in [0.2, 0.25) is 0 Å². The van der Waals surface area contributed by atoms with Crippen LogP contribution in [-0.2, 0) is 12.8 Å². The number of hydrogen-bond donors (Lipinski definition) is 0. The first kappa shape index (κ1) is 13.3. The number of carbonyl (C=O) groups excluding carboxylic acids is 1. The first-order valence-corrected chi connectivity index (χ1v) is 7.87. The highest BCUT2D eigenvalue weighted by Gasteiger charge is 2.15. The molecule has 1 aliphatic rings. The molecule has 0 aromatic carbocycles. The molecule has 3 rings (SSSR count). The second-order valence-corrected chi connectivity index (χ2v) is 6.13. The number of allylic oxidation sites excluding steroid dienone is 1. The third-order valence-electron chi connectivity index (χ3n) is 3.70. The van der Waals surface area contributed by atoms with Crippen molar-refractivity contribution in [3.63, 3.8) is 0 Å². The van der Waals surface area contributed by atoms with Crippen LogP contribution in [0, 0.1) is 6.92 Å². The van der Waals surface area contributed by atoms with Gasteiger partial charge in [0.2, 0.25) is 0 Å². The standard InChI is InChI=1S/C17H17NOS/c1-12-15(11-13-5-2-3-7-16(13)18-12)17(19)9-8-14-6-4-10-20-14/h4,6,8-11H,2-3,5,7H2,1H3/b9-8+. The highest BCUT2D eigenvalue weighted by molar-refractivity contribution is 7.10. The zero-order chi connectivity index (χ0) is 13.9. The summed E-state index contributed by atoms with van der Waals surface area (Å²) in [6.45, 7) is 1.93. The van der Waals surface area contributed by atoms with E-state index < -0.39 is 0 Å². The molecule has 102 valence electrons. The van der Waals surface area contributed by atoms with E-state index in [-0.39, 0.29) is 5.78 Å². The van der Waals surface area contributed by atoms with Crippen molar-refractivity contribution in [2.24, 2.45) is 0 Å².